The first-order chi connectivity index (χ1) is 21.8. The smallest absolute Gasteiger partial charge is 0.299 e. The number of alkyl halides is 2. The summed E-state index contributed by atoms with van der Waals surface area (Å²) in [7, 11) is 3.35. The number of fused-ring (bicyclic) bond motifs is 6. The molecule has 0 saturated carbocycles. The molecule has 0 spiro atoms. The van der Waals surface area contributed by atoms with E-state index in [0.717, 1.165) is 71.9 Å². The Morgan fingerprint density at radius 2 is 1.28 bits per heavy atom. The van der Waals surface area contributed by atoms with E-state index in [1.165, 1.54) is 22.7 Å². The van der Waals surface area contributed by atoms with Crippen molar-refractivity contribution in [2.45, 2.75) is 97.8 Å². The van der Waals surface area contributed by atoms with Gasteiger partial charge in [-0.15, -0.1) is 0 Å². The number of halogens is 2. The van der Waals surface area contributed by atoms with E-state index in [1.807, 2.05) is 40.0 Å². The van der Waals surface area contributed by atoms with Crippen molar-refractivity contribution in [1.29, 1.82) is 0 Å². The quantitative estimate of drug-likeness (QED) is 0.230. The zero-order chi connectivity index (χ0) is 34.6. The third-order valence-corrected chi connectivity index (χ3v) is 9.21. The van der Waals surface area contributed by atoms with Gasteiger partial charge in [0.2, 0.25) is 0 Å². The van der Waals surface area contributed by atoms with Crippen molar-refractivity contribution in [3.63, 3.8) is 0 Å². The molecule has 6 rings (SSSR count). The van der Waals surface area contributed by atoms with Crippen molar-refractivity contribution in [1.82, 2.24) is 19.1 Å². The molecule has 47 heavy (non-hydrogen) atoms. The molecule has 9 heteroatoms. The van der Waals surface area contributed by atoms with Crippen molar-refractivity contribution in [2.24, 2.45) is 14.1 Å². The minimum atomic E-state index is -3.00. The number of ether oxygens (including phenoxy) is 1. The Labute approximate surface area is 275 Å². The molecular formula is C38H46F2N4O3. The van der Waals surface area contributed by atoms with Gasteiger partial charge < -0.3 is 4.74 Å². The highest BCUT2D eigenvalue weighted by Gasteiger charge is 2.37. The van der Waals surface area contributed by atoms with Gasteiger partial charge in [-0.25, -0.2) is 13.8 Å². The van der Waals surface area contributed by atoms with E-state index in [0.29, 0.717) is 11.3 Å². The first kappa shape index (κ1) is 34.2. The molecule has 0 unspecified atom stereocenters. The van der Waals surface area contributed by atoms with Gasteiger partial charge in [0.25, 0.3) is 23.1 Å². The van der Waals surface area contributed by atoms with Crippen molar-refractivity contribution in [2.75, 3.05) is 6.61 Å². The van der Waals surface area contributed by atoms with Crippen LogP contribution >= 0.6 is 0 Å². The molecule has 2 aromatic heterocycles. The minimum absolute atomic E-state index is 0.0884. The lowest BCUT2D eigenvalue weighted by Gasteiger charge is -2.33. The Kier molecular flexibility index (Phi) is 8.84. The van der Waals surface area contributed by atoms with Crippen LogP contribution < -0.4 is 15.9 Å². The third kappa shape index (κ3) is 6.54. The summed E-state index contributed by atoms with van der Waals surface area (Å²) in [5, 5.41) is 0. The molecule has 250 valence electrons. The number of hydrogen-bond acceptors (Lipinski definition) is 5. The van der Waals surface area contributed by atoms with E-state index in [4.69, 9.17) is 9.72 Å². The zero-order valence-corrected chi connectivity index (χ0v) is 29.3. The fraction of sp³-hybridized carbons (Fsp3) is 0.474. The van der Waals surface area contributed by atoms with Gasteiger partial charge in [-0.2, -0.15) is 4.98 Å². The van der Waals surface area contributed by atoms with Crippen LogP contribution in [0.15, 0.2) is 46.0 Å². The lowest BCUT2D eigenvalue weighted by atomic mass is 9.72. The molecule has 0 saturated heterocycles. The molecule has 7 nitrogen and oxygen atoms in total. The van der Waals surface area contributed by atoms with Crippen molar-refractivity contribution in [3.8, 4) is 28.5 Å². The molecule has 2 aromatic carbocycles. The van der Waals surface area contributed by atoms with E-state index < -0.39 is 17.9 Å². The molecule has 2 heterocycles. The molecule has 0 fully saturated rings. The molecule has 2 aliphatic rings. The summed E-state index contributed by atoms with van der Waals surface area (Å²) in [5.74, 6) is -2.11. The molecule has 2 aliphatic carbocycles. The number of aromatic nitrogens is 4. The van der Waals surface area contributed by atoms with Crippen LogP contribution in [0.3, 0.4) is 0 Å². The topological polar surface area (TPSA) is 79.0 Å². The van der Waals surface area contributed by atoms with Gasteiger partial charge in [-0.05, 0) is 44.2 Å². The van der Waals surface area contributed by atoms with Crippen LogP contribution in [0.25, 0.3) is 22.5 Å². The second-order valence-corrected chi connectivity index (χ2v) is 14.6. The summed E-state index contributed by atoms with van der Waals surface area (Å²) in [6, 6.07) is 12.4. The van der Waals surface area contributed by atoms with Gasteiger partial charge in [0.1, 0.15) is 5.82 Å². The molecule has 0 N–H and O–H groups in total. The van der Waals surface area contributed by atoms with Crippen LogP contribution in [0, 0.1) is 13.8 Å². The fourth-order valence-electron chi connectivity index (χ4n) is 6.93. The van der Waals surface area contributed by atoms with E-state index in [1.54, 1.807) is 4.57 Å². The Bertz CT molecular complexity index is 1980. The third-order valence-electron chi connectivity index (χ3n) is 9.21. The maximum Gasteiger partial charge on any atom is 0.299 e. The summed E-state index contributed by atoms with van der Waals surface area (Å²) in [5.41, 5.74) is 8.98. The first-order valence-electron chi connectivity index (χ1n) is 16.3. The monoisotopic (exact) mass is 644 g/mol. The van der Waals surface area contributed by atoms with Crippen LogP contribution in [0.5, 0.6) is 6.01 Å². The molecule has 0 aliphatic heterocycles. The average Bonchev–Trinajstić information content (AvgIpc) is 2.95. The van der Waals surface area contributed by atoms with E-state index in [9.17, 15) is 18.4 Å². The number of benzene rings is 2. The number of aryl methyl sites for hydroxylation is 3. The lowest BCUT2D eigenvalue weighted by Crippen LogP contribution is -2.38. The van der Waals surface area contributed by atoms with Gasteiger partial charge in [-0.3, -0.25) is 18.7 Å². The normalized spacial score (nSPS) is 15.4. The highest BCUT2D eigenvalue weighted by molar-refractivity contribution is 5.73. The second kappa shape index (κ2) is 12.1. The lowest BCUT2D eigenvalue weighted by molar-refractivity contribution is -0.0268. The predicted octanol–water partition coefficient (Wildman–Crippen LogP) is 7.17. The Balaban J connectivity index is 0.000000186. The van der Waals surface area contributed by atoms with Crippen LogP contribution in [0.4, 0.5) is 8.78 Å². The largest absolute Gasteiger partial charge is 0.458 e. The first-order valence-corrected chi connectivity index (χ1v) is 16.3. The van der Waals surface area contributed by atoms with Crippen molar-refractivity contribution >= 4 is 0 Å². The summed E-state index contributed by atoms with van der Waals surface area (Å²) in [6.07, 6.45) is 3.44. The number of rotatable bonds is 5. The van der Waals surface area contributed by atoms with Gasteiger partial charge >= 0.3 is 0 Å². The minimum Gasteiger partial charge on any atom is -0.458 e. The molecule has 0 bridgehead atoms. The van der Waals surface area contributed by atoms with Crippen LogP contribution in [-0.2, 0) is 44.2 Å². The van der Waals surface area contributed by atoms with Gasteiger partial charge in [0.15, 0.2) is 6.61 Å². The zero-order valence-electron chi connectivity index (χ0n) is 29.3. The van der Waals surface area contributed by atoms with Crippen LogP contribution in [-0.4, -0.2) is 31.6 Å². The molecule has 4 aromatic rings. The van der Waals surface area contributed by atoms with E-state index >= 15 is 0 Å². The molecule has 0 atom stereocenters. The average molecular weight is 645 g/mol. The summed E-state index contributed by atoms with van der Waals surface area (Å²) in [6.45, 7) is 14.5. The fourth-order valence-corrected chi connectivity index (χ4v) is 6.93. The number of nitrogens with zero attached hydrogens (tertiary/aromatic N) is 4. The second-order valence-electron chi connectivity index (χ2n) is 14.6. The Morgan fingerprint density at radius 1 is 0.809 bits per heavy atom. The summed E-state index contributed by atoms with van der Waals surface area (Å²) >= 11 is 0. The summed E-state index contributed by atoms with van der Waals surface area (Å²) < 4.78 is 34.4. The summed E-state index contributed by atoms with van der Waals surface area (Å²) in [4.78, 5) is 35.2. The number of hydrogen-bond donors (Lipinski definition) is 0. The van der Waals surface area contributed by atoms with Gasteiger partial charge in [0.05, 0.1) is 17.0 Å². The van der Waals surface area contributed by atoms with E-state index in [2.05, 4.69) is 56.9 Å². The molecule has 0 radical (unpaired) electrons. The Morgan fingerprint density at radius 3 is 1.74 bits per heavy atom. The van der Waals surface area contributed by atoms with E-state index in [-0.39, 0.29) is 22.5 Å². The van der Waals surface area contributed by atoms with Crippen LogP contribution in [0.1, 0.15) is 87.2 Å². The van der Waals surface area contributed by atoms with Crippen LogP contribution in [0.2, 0.25) is 0 Å². The highest BCUT2D eigenvalue weighted by Crippen LogP contribution is 2.42. The Hall–Kier alpha value is -4.14. The molecular weight excluding hydrogens is 598 g/mol. The standard InChI is InChI=1S/C19H22F2N2O2.C19H24N2O/c1-11-6-7-13-12(8-11)9-18(2,3)14-15(13)22-17(23(5)16(14)24)25-10-19(4,20)21;1-6-7-15-20-17-14-9-8-12(2)10-13(14)11-19(3,4)16(17)18(22)21(15)5/h6-8H,9-10H2,1-5H3;8-10H,6-7,11H2,1-5H3. The predicted molar refractivity (Wildman–Crippen MR) is 183 cm³/mol. The van der Waals surface area contributed by atoms with Gasteiger partial charge in [-0.1, -0.05) is 82.1 Å². The SMILES string of the molecule is CCCc1nc2c(c(=O)n1C)C(C)(C)Cc1cc(C)ccc1-2.Cc1ccc2c(c1)CC(C)(C)c1c-2nc(OCC(C)(F)F)n(C)c1=O. The van der Waals surface area contributed by atoms with Gasteiger partial charge in [0, 0.05) is 55.0 Å². The van der Waals surface area contributed by atoms with Crippen molar-refractivity contribution in [3.05, 3.63) is 96.3 Å². The molecule has 0 amide bonds. The van der Waals surface area contributed by atoms with Crippen molar-refractivity contribution < 1.29 is 13.5 Å². The maximum absolute atomic E-state index is 13.1. The maximum atomic E-state index is 13.1. The highest BCUT2D eigenvalue weighted by atomic mass is 19.3.